The zero-order chi connectivity index (χ0) is 12.7. The van der Waals surface area contributed by atoms with Crippen LogP contribution < -0.4 is 10.6 Å². The van der Waals surface area contributed by atoms with Crippen LogP contribution in [0.15, 0.2) is 30.3 Å². The van der Waals surface area contributed by atoms with Crippen LogP contribution in [-0.4, -0.2) is 24.2 Å². The molecule has 92 valence electrons. The van der Waals surface area contributed by atoms with Gasteiger partial charge < -0.3 is 10.5 Å². The van der Waals surface area contributed by atoms with E-state index < -0.39 is 0 Å². The van der Waals surface area contributed by atoms with Crippen molar-refractivity contribution in [2.75, 3.05) is 18.1 Å². The Bertz CT molecular complexity index is 381. The number of anilines is 1. The lowest BCUT2D eigenvalue weighted by Gasteiger charge is -2.21. The minimum Gasteiger partial charge on any atom is -0.449 e. The van der Waals surface area contributed by atoms with E-state index in [-0.39, 0.29) is 6.09 Å². The van der Waals surface area contributed by atoms with Gasteiger partial charge in [0, 0.05) is 18.7 Å². The largest absolute Gasteiger partial charge is 0.449 e. The van der Waals surface area contributed by atoms with Gasteiger partial charge in [-0.1, -0.05) is 30.4 Å². The highest BCUT2D eigenvalue weighted by Gasteiger charge is 2.16. The first-order chi connectivity index (χ1) is 8.15. The van der Waals surface area contributed by atoms with Crippen molar-refractivity contribution in [3.05, 3.63) is 30.3 Å². The summed E-state index contributed by atoms with van der Waals surface area (Å²) in [6, 6.07) is 9.30. The predicted molar refractivity (Wildman–Crippen MR) is 72.2 cm³/mol. The Morgan fingerprint density at radius 2 is 2.06 bits per heavy atom. The zero-order valence-electron chi connectivity index (χ0n) is 9.76. The highest BCUT2D eigenvalue weighted by Crippen LogP contribution is 2.14. The molecule has 0 radical (unpaired) electrons. The Labute approximate surface area is 106 Å². The number of carbonyl (C=O) groups is 1. The fraction of sp³-hybridized carbons (Fsp3) is 0.333. The molecule has 0 aliphatic rings. The van der Waals surface area contributed by atoms with Crippen LogP contribution in [0.3, 0.4) is 0 Å². The minimum atomic E-state index is -0.380. The van der Waals surface area contributed by atoms with Crippen LogP contribution in [-0.2, 0) is 4.74 Å². The Morgan fingerprint density at radius 1 is 1.41 bits per heavy atom. The van der Waals surface area contributed by atoms with Crippen molar-refractivity contribution in [1.82, 2.24) is 0 Å². The first-order valence-electron chi connectivity index (χ1n) is 5.42. The molecule has 0 fully saturated rings. The second-order valence-electron chi connectivity index (χ2n) is 3.40. The molecule has 0 aromatic heterocycles. The molecule has 2 N–H and O–H groups in total. The third kappa shape index (κ3) is 4.40. The maximum atomic E-state index is 11.8. The predicted octanol–water partition coefficient (Wildman–Crippen LogP) is 2.33. The number of nitrogens with zero attached hydrogens (tertiary/aromatic N) is 1. The molecule has 0 bridgehead atoms. The van der Waals surface area contributed by atoms with Crippen molar-refractivity contribution in [1.29, 1.82) is 0 Å². The number of thiocarbonyl (C=S) groups is 1. The number of benzene rings is 1. The Balaban J connectivity index is 2.78. The topological polar surface area (TPSA) is 55.6 Å². The highest BCUT2D eigenvalue weighted by molar-refractivity contribution is 7.80. The minimum absolute atomic E-state index is 0.342. The van der Waals surface area contributed by atoms with Crippen molar-refractivity contribution in [2.45, 2.75) is 13.3 Å². The molecule has 1 aromatic rings. The number of amides is 1. The van der Waals surface area contributed by atoms with Crippen molar-refractivity contribution >= 4 is 29.0 Å². The summed E-state index contributed by atoms with van der Waals surface area (Å²) in [6.45, 7) is 2.54. The number of ether oxygens (including phenoxy) is 1. The molecule has 1 aromatic carbocycles. The SMILES string of the molecule is CCOC(=O)N(CCC(N)=S)c1ccccc1. The molecule has 1 amide bonds. The molecule has 5 heteroatoms. The first kappa shape index (κ1) is 13.4. The average molecular weight is 252 g/mol. The number of para-hydroxylation sites is 1. The van der Waals surface area contributed by atoms with Gasteiger partial charge in [0.25, 0.3) is 0 Å². The summed E-state index contributed by atoms with van der Waals surface area (Å²) in [5, 5.41) is 0. The van der Waals surface area contributed by atoms with Crippen LogP contribution in [0, 0.1) is 0 Å². The molecule has 0 unspecified atom stereocenters. The van der Waals surface area contributed by atoms with Crippen molar-refractivity contribution < 1.29 is 9.53 Å². The standard InChI is InChI=1S/C12H16N2O2S/c1-2-16-12(15)14(9-8-11(13)17)10-6-4-3-5-7-10/h3-7H,2,8-9H2,1H3,(H2,13,17). The van der Waals surface area contributed by atoms with Crippen LogP contribution in [0.5, 0.6) is 0 Å². The Morgan fingerprint density at radius 3 is 2.59 bits per heavy atom. The monoisotopic (exact) mass is 252 g/mol. The summed E-state index contributed by atoms with van der Waals surface area (Å²) in [4.78, 5) is 13.7. The third-order valence-corrected chi connectivity index (χ3v) is 2.34. The molecular formula is C12H16N2O2S. The summed E-state index contributed by atoms with van der Waals surface area (Å²) in [5.41, 5.74) is 6.23. The number of hydrogen-bond acceptors (Lipinski definition) is 3. The molecule has 17 heavy (non-hydrogen) atoms. The van der Waals surface area contributed by atoms with Crippen LogP contribution in [0.25, 0.3) is 0 Å². The molecule has 0 atom stereocenters. The highest BCUT2D eigenvalue weighted by atomic mass is 32.1. The van der Waals surface area contributed by atoms with E-state index in [9.17, 15) is 4.79 Å². The van der Waals surface area contributed by atoms with Crippen molar-refractivity contribution in [3.8, 4) is 0 Å². The fourth-order valence-electron chi connectivity index (χ4n) is 1.36. The second kappa shape index (κ2) is 6.85. The van der Waals surface area contributed by atoms with E-state index in [0.717, 1.165) is 5.69 Å². The number of hydrogen-bond donors (Lipinski definition) is 1. The lowest BCUT2D eigenvalue weighted by atomic mass is 10.3. The molecule has 0 spiro atoms. The van der Waals surface area contributed by atoms with Gasteiger partial charge in [-0.3, -0.25) is 4.90 Å². The lowest BCUT2D eigenvalue weighted by Crippen LogP contribution is -2.34. The van der Waals surface area contributed by atoms with E-state index in [1.54, 1.807) is 6.92 Å². The molecular weight excluding hydrogens is 236 g/mol. The smallest absolute Gasteiger partial charge is 0.414 e. The molecule has 4 nitrogen and oxygen atoms in total. The van der Waals surface area contributed by atoms with Crippen LogP contribution >= 0.6 is 12.2 Å². The van der Waals surface area contributed by atoms with Crippen LogP contribution in [0.4, 0.5) is 10.5 Å². The van der Waals surface area contributed by atoms with E-state index in [1.165, 1.54) is 4.90 Å². The summed E-state index contributed by atoms with van der Waals surface area (Å²) in [5.74, 6) is 0. The van der Waals surface area contributed by atoms with E-state index in [1.807, 2.05) is 30.3 Å². The van der Waals surface area contributed by atoms with Crippen molar-refractivity contribution in [2.24, 2.45) is 5.73 Å². The van der Waals surface area contributed by atoms with E-state index in [0.29, 0.717) is 24.6 Å². The van der Waals surface area contributed by atoms with Gasteiger partial charge in [0.15, 0.2) is 0 Å². The van der Waals surface area contributed by atoms with Gasteiger partial charge in [-0.25, -0.2) is 4.79 Å². The molecule has 1 rings (SSSR count). The second-order valence-corrected chi connectivity index (χ2v) is 3.93. The molecule has 0 heterocycles. The summed E-state index contributed by atoms with van der Waals surface area (Å²) in [6.07, 6.45) is 0.0956. The third-order valence-electron chi connectivity index (χ3n) is 2.14. The number of nitrogens with two attached hydrogens (primary N) is 1. The first-order valence-corrected chi connectivity index (χ1v) is 5.83. The maximum absolute atomic E-state index is 11.8. The zero-order valence-corrected chi connectivity index (χ0v) is 10.6. The van der Waals surface area contributed by atoms with Crippen LogP contribution in [0.2, 0.25) is 0 Å². The van der Waals surface area contributed by atoms with E-state index in [4.69, 9.17) is 22.7 Å². The van der Waals surface area contributed by atoms with Gasteiger partial charge >= 0.3 is 6.09 Å². The van der Waals surface area contributed by atoms with E-state index >= 15 is 0 Å². The normalized spacial score (nSPS) is 9.71. The van der Waals surface area contributed by atoms with Crippen LogP contribution in [0.1, 0.15) is 13.3 Å². The maximum Gasteiger partial charge on any atom is 0.414 e. The quantitative estimate of drug-likeness (QED) is 0.817. The molecule has 0 aliphatic heterocycles. The summed E-state index contributed by atoms with van der Waals surface area (Å²) >= 11 is 4.81. The summed E-state index contributed by atoms with van der Waals surface area (Å²) < 4.78 is 4.99. The van der Waals surface area contributed by atoms with Gasteiger partial charge in [0.05, 0.1) is 11.6 Å². The van der Waals surface area contributed by atoms with Crippen molar-refractivity contribution in [3.63, 3.8) is 0 Å². The van der Waals surface area contributed by atoms with Gasteiger partial charge in [-0.15, -0.1) is 0 Å². The van der Waals surface area contributed by atoms with Gasteiger partial charge in [0.1, 0.15) is 0 Å². The Kier molecular flexibility index (Phi) is 5.42. The van der Waals surface area contributed by atoms with E-state index in [2.05, 4.69) is 0 Å². The molecule has 0 saturated heterocycles. The lowest BCUT2D eigenvalue weighted by molar-refractivity contribution is 0.160. The van der Waals surface area contributed by atoms with Gasteiger partial charge in [-0.05, 0) is 19.1 Å². The molecule has 0 aliphatic carbocycles. The Hall–Kier alpha value is -1.62. The van der Waals surface area contributed by atoms with Gasteiger partial charge in [-0.2, -0.15) is 0 Å². The summed E-state index contributed by atoms with van der Waals surface area (Å²) in [7, 11) is 0. The number of carbonyl (C=O) groups excluding carboxylic acids is 1. The molecule has 0 saturated carbocycles. The number of rotatable bonds is 5. The van der Waals surface area contributed by atoms with Gasteiger partial charge in [0.2, 0.25) is 0 Å². The fourth-order valence-corrected chi connectivity index (χ4v) is 1.45. The average Bonchev–Trinajstić information content (AvgIpc) is 2.30.